The summed E-state index contributed by atoms with van der Waals surface area (Å²) >= 11 is 0. The first-order valence-electron chi connectivity index (χ1n) is 4.03. The average Bonchev–Trinajstić information content (AvgIpc) is 2.61. The van der Waals surface area contributed by atoms with E-state index in [4.69, 9.17) is 10.2 Å². The molecule has 1 rings (SSSR count). The summed E-state index contributed by atoms with van der Waals surface area (Å²) in [5, 5.41) is 17.5. The summed E-state index contributed by atoms with van der Waals surface area (Å²) in [6.07, 6.45) is 1.92. The molecule has 0 aromatic carbocycles. The van der Waals surface area contributed by atoms with Gasteiger partial charge in [-0.2, -0.15) is 0 Å². The largest absolute Gasteiger partial charge is 0.480 e. The van der Waals surface area contributed by atoms with E-state index in [0.717, 1.165) is 5.57 Å². The van der Waals surface area contributed by atoms with Crippen LogP contribution >= 0.6 is 0 Å². The summed E-state index contributed by atoms with van der Waals surface area (Å²) in [5.41, 5.74) is -0.591. The summed E-state index contributed by atoms with van der Waals surface area (Å²) in [6.45, 7) is 3.65. The lowest BCUT2D eigenvalue weighted by Gasteiger charge is -2.03. The Morgan fingerprint density at radius 2 is 1.77 bits per heavy atom. The summed E-state index contributed by atoms with van der Waals surface area (Å²) in [7, 11) is 0. The third-order valence-corrected chi connectivity index (χ3v) is 2.31. The number of carboxylic acid groups (broad SMARTS) is 2. The number of hydrogen-bond donors (Lipinski definition) is 2. The van der Waals surface area contributed by atoms with Crippen molar-refractivity contribution in [1.82, 2.24) is 0 Å². The van der Waals surface area contributed by atoms with E-state index < -0.39 is 17.4 Å². The van der Waals surface area contributed by atoms with E-state index >= 15 is 0 Å². The highest BCUT2D eigenvalue weighted by molar-refractivity contribution is 6.02. The van der Waals surface area contributed by atoms with Gasteiger partial charge in [0.1, 0.15) is 0 Å². The van der Waals surface area contributed by atoms with Crippen molar-refractivity contribution in [2.45, 2.75) is 20.3 Å². The van der Waals surface area contributed by atoms with Crippen LogP contribution in [0.25, 0.3) is 0 Å². The Balaban J connectivity index is 2.86. The van der Waals surface area contributed by atoms with Crippen molar-refractivity contribution in [3.05, 3.63) is 11.6 Å². The lowest BCUT2D eigenvalue weighted by molar-refractivity contribution is -0.157. The van der Waals surface area contributed by atoms with E-state index in [0.29, 0.717) is 0 Å². The van der Waals surface area contributed by atoms with Crippen LogP contribution in [0.1, 0.15) is 20.3 Å². The second-order valence-electron chi connectivity index (χ2n) is 3.64. The second kappa shape index (κ2) is 2.87. The van der Waals surface area contributed by atoms with Crippen LogP contribution in [0, 0.1) is 11.3 Å². The van der Waals surface area contributed by atoms with E-state index in [2.05, 4.69) is 0 Å². The minimum absolute atomic E-state index is 0.211. The molecular formula is C9H12O4. The fourth-order valence-corrected chi connectivity index (χ4v) is 1.47. The SMILES string of the molecule is CC(C)=CC1CC1(C(=O)O)C(=O)O. The molecule has 4 nitrogen and oxygen atoms in total. The van der Waals surface area contributed by atoms with Gasteiger partial charge < -0.3 is 10.2 Å². The van der Waals surface area contributed by atoms with Crippen molar-refractivity contribution in [3.63, 3.8) is 0 Å². The smallest absolute Gasteiger partial charge is 0.321 e. The number of carbonyl (C=O) groups is 2. The van der Waals surface area contributed by atoms with Crippen molar-refractivity contribution in [3.8, 4) is 0 Å². The highest BCUT2D eigenvalue weighted by Gasteiger charge is 2.65. The van der Waals surface area contributed by atoms with Gasteiger partial charge in [-0.25, -0.2) is 0 Å². The van der Waals surface area contributed by atoms with Gasteiger partial charge in [-0.1, -0.05) is 11.6 Å². The molecule has 0 aromatic rings. The molecule has 1 aliphatic rings. The average molecular weight is 184 g/mol. The van der Waals surface area contributed by atoms with Gasteiger partial charge in [-0.3, -0.25) is 9.59 Å². The first-order chi connectivity index (χ1) is 5.91. The van der Waals surface area contributed by atoms with Crippen molar-refractivity contribution in [2.75, 3.05) is 0 Å². The summed E-state index contributed by atoms with van der Waals surface area (Å²) in [5.74, 6) is -2.81. The minimum Gasteiger partial charge on any atom is -0.480 e. The highest BCUT2D eigenvalue weighted by Crippen LogP contribution is 2.54. The van der Waals surface area contributed by atoms with Crippen LogP contribution in [0.5, 0.6) is 0 Å². The van der Waals surface area contributed by atoms with E-state index in [-0.39, 0.29) is 12.3 Å². The Hall–Kier alpha value is -1.32. The molecule has 0 heterocycles. The molecule has 13 heavy (non-hydrogen) atoms. The normalized spacial score (nSPS) is 23.4. The van der Waals surface area contributed by atoms with Crippen molar-refractivity contribution in [1.29, 1.82) is 0 Å². The molecule has 72 valence electrons. The fourth-order valence-electron chi connectivity index (χ4n) is 1.47. The van der Waals surface area contributed by atoms with E-state index in [9.17, 15) is 9.59 Å². The third-order valence-electron chi connectivity index (χ3n) is 2.31. The van der Waals surface area contributed by atoms with Crippen LogP contribution in [0.2, 0.25) is 0 Å². The van der Waals surface area contributed by atoms with Crippen LogP contribution in [-0.2, 0) is 9.59 Å². The molecule has 0 aromatic heterocycles. The zero-order chi connectivity index (χ0) is 10.2. The van der Waals surface area contributed by atoms with Gasteiger partial charge in [0, 0.05) is 5.92 Å². The lowest BCUT2D eigenvalue weighted by atomic mass is 10.0. The van der Waals surface area contributed by atoms with Gasteiger partial charge in [0.15, 0.2) is 5.41 Å². The van der Waals surface area contributed by atoms with E-state index in [1.54, 1.807) is 6.08 Å². The molecule has 2 N–H and O–H groups in total. The Bertz CT molecular complexity index is 272. The molecule has 0 radical (unpaired) electrons. The Morgan fingerprint density at radius 1 is 1.31 bits per heavy atom. The van der Waals surface area contributed by atoms with Gasteiger partial charge >= 0.3 is 11.9 Å². The first kappa shape index (κ1) is 9.77. The molecule has 1 unspecified atom stereocenters. The maximum Gasteiger partial charge on any atom is 0.321 e. The van der Waals surface area contributed by atoms with Gasteiger partial charge in [0.25, 0.3) is 0 Å². The lowest BCUT2D eigenvalue weighted by Crippen LogP contribution is -2.27. The molecule has 0 bridgehead atoms. The Kier molecular flexibility index (Phi) is 2.15. The standard InChI is InChI=1S/C9H12O4/c1-5(2)3-6-4-9(6,7(10)11)8(12)13/h3,6H,4H2,1-2H3,(H,10,11)(H,12,13). The summed E-state index contributed by atoms with van der Waals surface area (Å²) in [6, 6.07) is 0. The molecule has 4 heteroatoms. The Labute approximate surface area is 75.9 Å². The molecule has 1 atom stereocenters. The molecular weight excluding hydrogens is 172 g/mol. The van der Waals surface area contributed by atoms with Crippen LogP contribution in [0.3, 0.4) is 0 Å². The van der Waals surface area contributed by atoms with Crippen LogP contribution in [-0.4, -0.2) is 22.2 Å². The molecule has 1 fully saturated rings. The predicted octanol–water partition coefficient (Wildman–Crippen LogP) is 1.13. The number of allylic oxidation sites excluding steroid dienone is 2. The minimum atomic E-state index is -1.54. The third kappa shape index (κ3) is 1.43. The zero-order valence-corrected chi connectivity index (χ0v) is 7.57. The predicted molar refractivity (Wildman–Crippen MR) is 45.2 cm³/mol. The van der Waals surface area contributed by atoms with Crippen LogP contribution in [0.4, 0.5) is 0 Å². The molecule has 1 aliphatic carbocycles. The highest BCUT2D eigenvalue weighted by atomic mass is 16.4. The van der Waals surface area contributed by atoms with Gasteiger partial charge in [-0.15, -0.1) is 0 Å². The van der Waals surface area contributed by atoms with E-state index in [1.807, 2.05) is 13.8 Å². The van der Waals surface area contributed by atoms with Gasteiger partial charge in [-0.05, 0) is 20.3 Å². The monoisotopic (exact) mass is 184 g/mol. The second-order valence-corrected chi connectivity index (χ2v) is 3.64. The summed E-state index contributed by atoms with van der Waals surface area (Å²) in [4.78, 5) is 21.4. The number of aliphatic carboxylic acids is 2. The molecule has 0 amide bonds. The molecule has 0 spiro atoms. The zero-order valence-electron chi connectivity index (χ0n) is 7.57. The van der Waals surface area contributed by atoms with E-state index in [1.165, 1.54) is 0 Å². The maximum absolute atomic E-state index is 10.7. The fraction of sp³-hybridized carbons (Fsp3) is 0.556. The van der Waals surface area contributed by atoms with Crippen molar-refractivity contribution >= 4 is 11.9 Å². The number of hydrogen-bond acceptors (Lipinski definition) is 2. The van der Waals surface area contributed by atoms with Crippen LogP contribution in [0.15, 0.2) is 11.6 Å². The number of rotatable bonds is 3. The molecule has 0 aliphatic heterocycles. The van der Waals surface area contributed by atoms with Crippen molar-refractivity contribution < 1.29 is 19.8 Å². The van der Waals surface area contributed by atoms with Gasteiger partial charge in [0.2, 0.25) is 0 Å². The maximum atomic E-state index is 10.7. The van der Waals surface area contributed by atoms with Crippen molar-refractivity contribution in [2.24, 2.45) is 11.3 Å². The molecule has 0 saturated heterocycles. The van der Waals surface area contributed by atoms with Crippen LogP contribution < -0.4 is 0 Å². The number of carboxylic acids is 2. The van der Waals surface area contributed by atoms with Gasteiger partial charge in [0.05, 0.1) is 0 Å². The Morgan fingerprint density at radius 3 is 2.00 bits per heavy atom. The first-order valence-corrected chi connectivity index (χ1v) is 4.03. The summed E-state index contributed by atoms with van der Waals surface area (Å²) < 4.78 is 0. The quantitative estimate of drug-likeness (QED) is 0.509. The topological polar surface area (TPSA) is 74.6 Å². The molecule has 1 saturated carbocycles.